The third-order valence-electron chi connectivity index (χ3n) is 4.41. The van der Waals surface area contributed by atoms with Gasteiger partial charge in [-0.15, -0.1) is 11.3 Å². The molecular weight excluding hydrogens is 511 g/mol. The molecule has 9 heteroatoms. The molecule has 0 spiro atoms. The van der Waals surface area contributed by atoms with E-state index in [9.17, 15) is 18.3 Å². The van der Waals surface area contributed by atoms with Gasteiger partial charge in [0.15, 0.2) is 0 Å². The Morgan fingerprint density at radius 1 is 1.11 bits per heavy atom. The second kappa shape index (κ2) is 7.47. The smallest absolute Gasteiger partial charge is 0.266 e. The fraction of sp³-hybridized carbons (Fsp3) is 0.105. The molecule has 28 heavy (non-hydrogen) atoms. The minimum Gasteiger partial charge on any atom is -0.507 e. The van der Waals surface area contributed by atoms with Crippen molar-refractivity contribution in [2.24, 2.45) is 0 Å². The first-order valence-electron chi connectivity index (χ1n) is 8.33. The summed E-state index contributed by atoms with van der Waals surface area (Å²) < 4.78 is 28.4. The van der Waals surface area contributed by atoms with Crippen LogP contribution in [0.1, 0.15) is 0 Å². The summed E-state index contributed by atoms with van der Waals surface area (Å²) in [7, 11) is -3.57. The summed E-state index contributed by atoms with van der Waals surface area (Å²) >= 11 is 3.44. The van der Waals surface area contributed by atoms with Crippen molar-refractivity contribution in [3.8, 4) is 16.9 Å². The molecule has 0 radical (unpaired) electrons. The van der Waals surface area contributed by atoms with Crippen molar-refractivity contribution in [3.05, 3.63) is 58.2 Å². The lowest BCUT2D eigenvalue weighted by molar-refractivity contribution is 0.478. The fourth-order valence-electron chi connectivity index (χ4n) is 3.19. The summed E-state index contributed by atoms with van der Waals surface area (Å²) in [5.74, 6) is 0.0608. The van der Waals surface area contributed by atoms with Crippen molar-refractivity contribution in [2.45, 2.75) is 4.90 Å². The standard InChI is InChI=1S/C19H15IN2O4S2/c20-8-9-21-28(25,26)12-3-1-11(2-4-12)16-15(23)6-5-14-17(16)13-7-10-27-18(13)19(24)22-14/h1-7,10,21,23H,8-9H2,(H,22,24). The highest BCUT2D eigenvalue weighted by Gasteiger charge is 2.17. The predicted octanol–water partition coefficient (Wildman–Crippen LogP) is 3.83. The number of halogens is 1. The number of rotatable bonds is 5. The first-order chi connectivity index (χ1) is 13.4. The molecule has 0 aliphatic carbocycles. The molecule has 0 unspecified atom stereocenters. The van der Waals surface area contributed by atoms with Gasteiger partial charge >= 0.3 is 0 Å². The van der Waals surface area contributed by atoms with E-state index >= 15 is 0 Å². The average Bonchev–Trinajstić information content (AvgIpc) is 3.18. The SMILES string of the molecule is O=c1[nH]c2ccc(O)c(-c3ccc(S(=O)(=O)NCCI)cc3)c2c2ccsc12. The number of alkyl halides is 1. The highest BCUT2D eigenvalue weighted by Crippen LogP contribution is 2.39. The Labute approximate surface area is 178 Å². The largest absolute Gasteiger partial charge is 0.507 e. The van der Waals surface area contributed by atoms with Crippen LogP contribution in [0.3, 0.4) is 0 Å². The zero-order valence-corrected chi connectivity index (χ0v) is 18.2. The fourth-order valence-corrected chi connectivity index (χ4v) is 5.65. The lowest BCUT2D eigenvalue weighted by atomic mass is 9.97. The minimum atomic E-state index is -3.57. The van der Waals surface area contributed by atoms with E-state index in [1.807, 2.05) is 11.4 Å². The molecule has 0 atom stereocenters. The van der Waals surface area contributed by atoms with Gasteiger partial charge in [-0.1, -0.05) is 34.7 Å². The summed E-state index contributed by atoms with van der Waals surface area (Å²) in [6.07, 6.45) is 0. The molecular formula is C19H15IN2O4S2. The molecule has 2 aromatic carbocycles. The van der Waals surface area contributed by atoms with Crippen LogP contribution in [0.25, 0.3) is 32.1 Å². The zero-order valence-electron chi connectivity index (χ0n) is 14.4. The van der Waals surface area contributed by atoms with Crippen LogP contribution < -0.4 is 10.3 Å². The van der Waals surface area contributed by atoms with Gasteiger partial charge in [0.1, 0.15) is 10.4 Å². The highest BCUT2D eigenvalue weighted by molar-refractivity contribution is 14.1. The number of aromatic hydroxyl groups is 1. The summed E-state index contributed by atoms with van der Waals surface area (Å²) in [5, 5.41) is 13.9. The number of benzene rings is 2. The van der Waals surface area contributed by atoms with Gasteiger partial charge in [0.2, 0.25) is 10.0 Å². The molecule has 0 aliphatic heterocycles. The number of thiophene rings is 1. The quantitative estimate of drug-likeness (QED) is 0.272. The van der Waals surface area contributed by atoms with E-state index < -0.39 is 10.0 Å². The Balaban J connectivity index is 1.91. The van der Waals surface area contributed by atoms with Crippen molar-refractivity contribution < 1.29 is 13.5 Å². The first-order valence-corrected chi connectivity index (χ1v) is 12.2. The van der Waals surface area contributed by atoms with Crippen LogP contribution in [0.5, 0.6) is 5.75 Å². The van der Waals surface area contributed by atoms with Crippen LogP contribution in [0.15, 0.2) is 57.5 Å². The maximum Gasteiger partial charge on any atom is 0.266 e. The van der Waals surface area contributed by atoms with Gasteiger partial charge in [-0.3, -0.25) is 4.79 Å². The molecule has 4 aromatic rings. The lowest BCUT2D eigenvalue weighted by Crippen LogP contribution is -2.25. The van der Waals surface area contributed by atoms with E-state index in [0.717, 1.165) is 10.8 Å². The number of phenolic OH excluding ortho intramolecular Hbond substituents is 1. The normalized spacial score (nSPS) is 12.0. The predicted molar refractivity (Wildman–Crippen MR) is 121 cm³/mol. The Hall–Kier alpha value is -1.95. The second-order valence-electron chi connectivity index (χ2n) is 6.11. The molecule has 6 nitrogen and oxygen atoms in total. The van der Waals surface area contributed by atoms with Gasteiger partial charge < -0.3 is 10.1 Å². The van der Waals surface area contributed by atoms with Gasteiger partial charge in [-0.25, -0.2) is 13.1 Å². The number of nitrogens with one attached hydrogen (secondary N) is 2. The number of H-pyrrole nitrogens is 1. The number of fused-ring (bicyclic) bond motifs is 3. The number of pyridine rings is 1. The molecule has 0 saturated carbocycles. The zero-order chi connectivity index (χ0) is 19.9. The number of hydrogen-bond donors (Lipinski definition) is 3. The van der Waals surface area contributed by atoms with Crippen LogP contribution in [-0.2, 0) is 10.0 Å². The van der Waals surface area contributed by atoms with Gasteiger partial charge in [-0.2, -0.15) is 0 Å². The molecule has 2 aromatic heterocycles. The van der Waals surface area contributed by atoms with Gasteiger partial charge in [0.25, 0.3) is 5.56 Å². The van der Waals surface area contributed by atoms with Gasteiger partial charge in [0.05, 0.1) is 4.90 Å². The molecule has 0 saturated heterocycles. The molecule has 3 N–H and O–H groups in total. The number of aromatic amines is 1. The number of phenols is 1. The van der Waals surface area contributed by atoms with E-state index in [1.54, 1.807) is 18.2 Å². The van der Waals surface area contributed by atoms with E-state index in [2.05, 4.69) is 32.3 Å². The van der Waals surface area contributed by atoms with Crippen molar-refractivity contribution >= 4 is 64.9 Å². The average molecular weight is 526 g/mol. The molecule has 4 rings (SSSR count). The van der Waals surface area contributed by atoms with Crippen molar-refractivity contribution in [2.75, 3.05) is 11.0 Å². The van der Waals surface area contributed by atoms with E-state index in [-0.39, 0.29) is 16.2 Å². The maximum atomic E-state index is 12.3. The molecule has 0 aliphatic rings. The van der Waals surface area contributed by atoms with Crippen LogP contribution in [0, 0.1) is 0 Å². The van der Waals surface area contributed by atoms with Crippen molar-refractivity contribution in [1.82, 2.24) is 9.71 Å². The van der Waals surface area contributed by atoms with Crippen LogP contribution in [-0.4, -0.2) is 29.5 Å². The lowest BCUT2D eigenvalue weighted by Gasteiger charge is -2.12. The molecule has 0 bridgehead atoms. The Morgan fingerprint density at radius 2 is 1.86 bits per heavy atom. The molecule has 2 heterocycles. The van der Waals surface area contributed by atoms with E-state index in [1.165, 1.54) is 29.5 Å². The first kappa shape index (κ1) is 19.4. The topological polar surface area (TPSA) is 99.3 Å². The molecule has 0 fully saturated rings. The summed E-state index contributed by atoms with van der Waals surface area (Å²) in [6, 6.07) is 11.4. The number of sulfonamides is 1. The summed E-state index contributed by atoms with van der Waals surface area (Å²) in [6.45, 7) is 0.359. The maximum absolute atomic E-state index is 12.3. The Kier molecular flexibility index (Phi) is 5.17. The molecule has 0 amide bonds. The third-order valence-corrected chi connectivity index (χ3v) is 7.34. The van der Waals surface area contributed by atoms with Crippen molar-refractivity contribution in [1.29, 1.82) is 0 Å². The van der Waals surface area contributed by atoms with E-state index in [0.29, 0.717) is 32.3 Å². The van der Waals surface area contributed by atoms with Crippen LogP contribution >= 0.6 is 33.9 Å². The number of hydrogen-bond acceptors (Lipinski definition) is 5. The second-order valence-corrected chi connectivity index (χ2v) is 9.87. The minimum absolute atomic E-state index is 0.0608. The summed E-state index contributed by atoms with van der Waals surface area (Å²) in [4.78, 5) is 15.3. The van der Waals surface area contributed by atoms with E-state index in [4.69, 9.17) is 0 Å². The monoisotopic (exact) mass is 526 g/mol. The van der Waals surface area contributed by atoms with Gasteiger partial charge in [0, 0.05) is 32.8 Å². The Bertz CT molecular complexity index is 1340. The van der Waals surface area contributed by atoms with Crippen LogP contribution in [0.2, 0.25) is 0 Å². The van der Waals surface area contributed by atoms with Crippen LogP contribution in [0.4, 0.5) is 0 Å². The summed E-state index contributed by atoms with van der Waals surface area (Å²) in [5.41, 5.74) is 1.66. The highest BCUT2D eigenvalue weighted by atomic mass is 127. The number of aromatic nitrogens is 1. The Morgan fingerprint density at radius 3 is 2.57 bits per heavy atom. The molecule has 144 valence electrons. The third kappa shape index (κ3) is 3.32. The van der Waals surface area contributed by atoms with Crippen molar-refractivity contribution in [3.63, 3.8) is 0 Å². The van der Waals surface area contributed by atoms with Gasteiger partial charge in [-0.05, 0) is 41.3 Å².